The van der Waals surface area contributed by atoms with Gasteiger partial charge in [0.2, 0.25) is 6.79 Å². The lowest BCUT2D eigenvalue weighted by molar-refractivity contribution is 0.0887. The topological polar surface area (TPSA) is 50.8 Å². The Morgan fingerprint density at radius 3 is 2.86 bits per heavy atom. The fourth-order valence-corrected chi connectivity index (χ4v) is 7.26. The number of hydrogen-bond donors (Lipinski definition) is 1. The number of rotatable bonds is 1. The highest BCUT2D eigenvalue weighted by Crippen LogP contribution is 2.65. The fraction of sp³-hybridized carbons (Fsp3) is 0.458. The Balaban J connectivity index is 1.41. The maximum absolute atomic E-state index is 13.9. The van der Waals surface area contributed by atoms with Crippen LogP contribution in [-0.4, -0.2) is 18.4 Å². The number of fused-ring (bicyclic) bond motifs is 8. The smallest absolute Gasteiger partial charge is 0.262 e. The van der Waals surface area contributed by atoms with Crippen molar-refractivity contribution in [3.05, 3.63) is 48.0 Å². The summed E-state index contributed by atoms with van der Waals surface area (Å²) in [6, 6.07) is 13.9. The quantitative estimate of drug-likeness (QED) is 0.773. The van der Waals surface area contributed by atoms with Crippen molar-refractivity contribution >= 4 is 17.3 Å². The number of anilines is 2. The monoisotopic (exact) mass is 388 g/mol. The summed E-state index contributed by atoms with van der Waals surface area (Å²) in [6.45, 7) is 0.243. The molecule has 1 N–H and O–H groups in total. The number of nitrogens with zero attached hydrogens (tertiary/aromatic N) is 1. The summed E-state index contributed by atoms with van der Waals surface area (Å²) in [5, 5.41) is 3.90. The van der Waals surface area contributed by atoms with Gasteiger partial charge in [0.25, 0.3) is 5.91 Å². The molecule has 1 amide bonds. The molecule has 5 heteroatoms. The van der Waals surface area contributed by atoms with E-state index in [1.54, 1.807) is 0 Å². The van der Waals surface area contributed by atoms with Crippen molar-refractivity contribution in [2.24, 2.45) is 23.7 Å². The van der Waals surface area contributed by atoms with E-state index in [4.69, 9.17) is 9.47 Å². The molecule has 0 unspecified atom stereocenters. The van der Waals surface area contributed by atoms with Gasteiger partial charge in [-0.3, -0.25) is 9.69 Å². The molecule has 29 heavy (non-hydrogen) atoms. The zero-order valence-electron chi connectivity index (χ0n) is 16.3. The van der Waals surface area contributed by atoms with Crippen molar-refractivity contribution in [3.8, 4) is 11.5 Å². The summed E-state index contributed by atoms with van der Waals surface area (Å²) >= 11 is 0. The maximum Gasteiger partial charge on any atom is 0.262 e. The van der Waals surface area contributed by atoms with Crippen molar-refractivity contribution in [2.75, 3.05) is 17.0 Å². The number of hydrogen-bond acceptors (Lipinski definition) is 4. The first kappa shape index (κ1) is 16.1. The molecule has 148 valence electrons. The third-order valence-electron chi connectivity index (χ3n) is 8.22. The maximum atomic E-state index is 13.9. The fourth-order valence-electron chi connectivity index (χ4n) is 7.26. The first-order valence-corrected chi connectivity index (χ1v) is 10.9. The van der Waals surface area contributed by atoms with E-state index in [0.29, 0.717) is 5.92 Å². The second-order valence-electron chi connectivity index (χ2n) is 9.34. The Kier molecular flexibility index (Phi) is 3.04. The van der Waals surface area contributed by atoms with Crippen molar-refractivity contribution in [2.45, 2.75) is 37.8 Å². The van der Waals surface area contributed by atoms with Gasteiger partial charge in [-0.25, -0.2) is 0 Å². The van der Waals surface area contributed by atoms with E-state index in [2.05, 4.69) is 16.3 Å². The van der Waals surface area contributed by atoms with Crippen LogP contribution in [0.3, 0.4) is 0 Å². The van der Waals surface area contributed by atoms with E-state index >= 15 is 0 Å². The average molecular weight is 388 g/mol. The molecule has 7 rings (SSSR count). The van der Waals surface area contributed by atoms with Crippen LogP contribution in [0.5, 0.6) is 11.5 Å². The van der Waals surface area contributed by atoms with Gasteiger partial charge in [-0.05, 0) is 67.7 Å². The number of benzene rings is 2. The van der Waals surface area contributed by atoms with E-state index in [-0.39, 0.29) is 18.4 Å². The minimum atomic E-state index is -0.338. The molecule has 0 aromatic heterocycles. The largest absolute Gasteiger partial charge is 0.454 e. The zero-order valence-corrected chi connectivity index (χ0v) is 16.3. The Labute approximate surface area is 170 Å². The number of para-hydroxylation sites is 1. The summed E-state index contributed by atoms with van der Waals surface area (Å²) < 4.78 is 11.1. The van der Waals surface area contributed by atoms with Crippen LogP contribution in [0.4, 0.5) is 11.4 Å². The molecule has 3 saturated carbocycles. The van der Waals surface area contributed by atoms with Gasteiger partial charge in [0, 0.05) is 17.7 Å². The molecule has 2 aromatic rings. The van der Waals surface area contributed by atoms with Crippen LogP contribution in [0.15, 0.2) is 42.5 Å². The van der Waals surface area contributed by atoms with Gasteiger partial charge < -0.3 is 14.8 Å². The van der Waals surface area contributed by atoms with Crippen LogP contribution >= 0.6 is 0 Å². The van der Waals surface area contributed by atoms with E-state index < -0.39 is 0 Å². The van der Waals surface area contributed by atoms with Crippen molar-refractivity contribution < 1.29 is 14.3 Å². The number of carbonyl (C=O) groups excluding carboxylic acids is 1. The Morgan fingerprint density at radius 1 is 1.03 bits per heavy atom. The van der Waals surface area contributed by atoms with Crippen LogP contribution in [-0.2, 0) is 0 Å². The molecular weight excluding hydrogens is 364 g/mol. The minimum Gasteiger partial charge on any atom is -0.454 e. The predicted molar refractivity (Wildman–Crippen MR) is 109 cm³/mol. The van der Waals surface area contributed by atoms with Crippen LogP contribution in [0.1, 0.15) is 42.5 Å². The van der Waals surface area contributed by atoms with Gasteiger partial charge in [-0.1, -0.05) is 18.6 Å². The molecule has 2 aliphatic heterocycles. The van der Waals surface area contributed by atoms with E-state index in [9.17, 15) is 4.79 Å². The molecule has 5 atom stereocenters. The van der Waals surface area contributed by atoms with Crippen LogP contribution in [0, 0.1) is 23.7 Å². The molecular formula is C24H24N2O3. The second kappa shape index (κ2) is 5.47. The Bertz CT molecular complexity index is 1040. The highest BCUT2D eigenvalue weighted by molar-refractivity contribution is 6.13. The van der Waals surface area contributed by atoms with Crippen molar-refractivity contribution in [1.29, 1.82) is 0 Å². The molecule has 2 heterocycles. The summed E-state index contributed by atoms with van der Waals surface area (Å²) in [5.74, 6) is 4.39. The molecule has 2 bridgehead atoms. The van der Waals surface area contributed by atoms with Crippen LogP contribution in [0.2, 0.25) is 0 Å². The number of ether oxygens (including phenoxy) is 2. The second-order valence-corrected chi connectivity index (χ2v) is 9.34. The molecule has 2 aromatic carbocycles. The van der Waals surface area contributed by atoms with Gasteiger partial charge in [-0.2, -0.15) is 0 Å². The molecule has 5 aliphatic rings. The average Bonchev–Trinajstić information content (AvgIpc) is 3.49. The van der Waals surface area contributed by atoms with E-state index in [1.807, 2.05) is 36.4 Å². The molecule has 0 saturated heterocycles. The first-order valence-electron chi connectivity index (χ1n) is 10.9. The normalized spacial score (nSPS) is 35.7. The highest BCUT2D eigenvalue weighted by Gasteiger charge is 2.65. The summed E-state index contributed by atoms with van der Waals surface area (Å²) in [5.41, 5.74) is 2.30. The van der Waals surface area contributed by atoms with Crippen LogP contribution < -0.4 is 19.7 Å². The third-order valence-corrected chi connectivity index (χ3v) is 8.22. The molecule has 3 aliphatic carbocycles. The van der Waals surface area contributed by atoms with Gasteiger partial charge in [0.1, 0.15) is 5.66 Å². The number of nitrogens with one attached hydrogen (secondary N) is 1. The number of carbonyl (C=O) groups is 1. The van der Waals surface area contributed by atoms with Crippen LogP contribution in [0.25, 0.3) is 0 Å². The van der Waals surface area contributed by atoms with E-state index in [0.717, 1.165) is 52.6 Å². The van der Waals surface area contributed by atoms with Gasteiger partial charge in [-0.15, -0.1) is 0 Å². The Morgan fingerprint density at radius 2 is 1.90 bits per heavy atom. The summed E-state index contributed by atoms with van der Waals surface area (Å²) in [4.78, 5) is 15.9. The summed E-state index contributed by atoms with van der Waals surface area (Å²) in [7, 11) is 0. The van der Waals surface area contributed by atoms with Crippen molar-refractivity contribution in [1.82, 2.24) is 0 Å². The number of amides is 1. The lowest BCUT2D eigenvalue weighted by atomic mass is 9.73. The Hall–Kier alpha value is -2.69. The minimum absolute atomic E-state index is 0.0975. The zero-order chi connectivity index (χ0) is 19.2. The van der Waals surface area contributed by atoms with Gasteiger partial charge >= 0.3 is 0 Å². The first-order chi connectivity index (χ1) is 14.2. The molecule has 3 fully saturated rings. The molecule has 5 nitrogen and oxygen atoms in total. The predicted octanol–water partition coefficient (Wildman–Crippen LogP) is 4.64. The SMILES string of the molecule is O=C1c2ccccc2N[C@@]2(C[C@H]3C[C@@H]2[C@H]2CCC[C@H]32)N1c1ccc2c(c1)OCO2. The van der Waals surface area contributed by atoms with Gasteiger partial charge in [0.05, 0.1) is 11.3 Å². The van der Waals surface area contributed by atoms with Crippen molar-refractivity contribution in [3.63, 3.8) is 0 Å². The molecule has 0 radical (unpaired) electrons. The van der Waals surface area contributed by atoms with E-state index in [1.165, 1.54) is 25.7 Å². The third kappa shape index (κ3) is 1.98. The standard InChI is InChI=1S/C24H24N2O3/c27-23-18-4-1-2-7-20(18)25-24(12-14-10-19(24)17-6-3-5-16(14)17)26(23)15-8-9-21-22(11-15)29-13-28-21/h1-2,4,7-9,11,14,16-17,19,25H,3,5-6,10,12-13H2/t14-,16-,17+,19-,24+/m1/s1. The van der Waals surface area contributed by atoms with Gasteiger partial charge in [0.15, 0.2) is 11.5 Å². The lowest BCUT2D eigenvalue weighted by Crippen LogP contribution is -2.65. The molecule has 1 spiro atoms. The highest BCUT2D eigenvalue weighted by atomic mass is 16.7. The summed E-state index contributed by atoms with van der Waals surface area (Å²) in [6.07, 6.45) is 6.29. The lowest BCUT2D eigenvalue weighted by Gasteiger charge is -2.53.